The molecule has 0 fully saturated rings. The lowest BCUT2D eigenvalue weighted by Gasteiger charge is -2.12. The SMILES string of the molecule is CC(C)c1nc(-c2ccc(OCCCc3cccc(F)c3CS(=O)[O-])cc2)no1. The van der Waals surface area contributed by atoms with Crippen LogP contribution in [0.2, 0.25) is 0 Å². The van der Waals surface area contributed by atoms with Crippen LogP contribution < -0.4 is 4.74 Å². The number of benzene rings is 2. The highest BCUT2D eigenvalue weighted by Crippen LogP contribution is 2.22. The minimum absolute atomic E-state index is 0.172. The van der Waals surface area contributed by atoms with Gasteiger partial charge in [0.1, 0.15) is 11.6 Å². The second-order valence-corrected chi connectivity index (χ2v) is 7.81. The van der Waals surface area contributed by atoms with Gasteiger partial charge in [-0.1, -0.05) is 42.2 Å². The standard InChI is InChI=1S/C21H23FN2O4S/c1-14(2)21-23-20(24-28-21)16-8-10-17(11-9-16)27-12-4-6-15-5-3-7-19(22)18(15)13-29(25)26/h3,5,7-11,14H,4,6,12-13H2,1-2H3,(H,25,26)/p-1. The van der Waals surface area contributed by atoms with Crippen molar-refractivity contribution in [2.75, 3.05) is 6.61 Å². The van der Waals surface area contributed by atoms with Gasteiger partial charge < -0.3 is 13.8 Å². The fourth-order valence-electron chi connectivity index (χ4n) is 2.86. The third kappa shape index (κ3) is 5.71. The average Bonchev–Trinajstić information content (AvgIpc) is 3.18. The topological polar surface area (TPSA) is 88.3 Å². The minimum Gasteiger partial charge on any atom is -0.772 e. The molecule has 1 aromatic heterocycles. The van der Waals surface area contributed by atoms with Gasteiger partial charge in [-0.05, 0) is 48.7 Å². The van der Waals surface area contributed by atoms with Crippen molar-refractivity contribution in [1.29, 1.82) is 0 Å². The van der Waals surface area contributed by atoms with Crippen molar-refractivity contribution in [2.45, 2.75) is 38.4 Å². The molecule has 1 unspecified atom stereocenters. The first-order valence-corrected chi connectivity index (χ1v) is 10.6. The molecule has 6 nitrogen and oxygen atoms in total. The molecule has 0 spiro atoms. The van der Waals surface area contributed by atoms with Crippen LogP contribution in [0.3, 0.4) is 0 Å². The normalized spacial score (nSPS) is 12.3. The lowest BCUT2D eigenvalue weighted by Crippen LogP contribution is -2.05. The Balaban J connectivity index is 1.54. The van der Waals surface area contributed by atoms with E-state index < -0.39 is 16.9 Å². The van der Waals surface area contributed by atoms with Gasteiger partial charge in [0.05, 0.1) is 6.61 Å². The van der Waals surface area contributed by atoms with Gasteiger partial charge >= 0.3 is 0 Å². The van der Waals surface area contributed by atoms with Gasteiger partial charge in [0.2, 0.25) is 11.7 Å². The van der Waals surface area contributed by atoms with E-state index in [0.29, 0.717) is 42.5 Å². The molecule has 29 heavy (non-hydrogen) atoms. The molecule has 2 aromatic carbocycles. The zero-order chi connectivity index (χ0) is 20.8. The second-order valence-electron chi connectivity index (χ2n) is 6.91. The molecule has 3 aromatic rings. The molecule has 0 bridgehead atoms. The molecular formula is C21H22FN2O4S-. The smallest absolute Gasteiger partial charge is 0.229 e. The Bertz CT molecular complexity index is 973. The Morgan fingerprint density at radius 1 is 1.21 bits per heavy atom. The van der Waals surface area contributed by atoms with E-state index in [1.54, 1.807) is 12.1 Å². The molecule has 0 saturated heterocycles. The van der Waals surface area contributed by atoms with E-state index >= 15 is 0 Å². The predicted octanol–water partition coefficient (Wildman–Crippen LogP) is 4.39. The average molecular weight is 417 g/mol. The fourth-order valence-corrected chi connectivity index (χ4v) is 3.42. The van der Waals surface area contributed by atoms with E-state index in [9.17, 15) is 13.2 Å². The summed E-state index contributed by atoms with van der Waals surface area (Å²) in [6.45, 7) is 4.40. The maximum Gasteiger partial charge on any atom is 0.229 e. The van der Waals surface area contributed by atoms with Crippen LogP contribution in [0.5, 0.6) is 5.75 Å². The predicted molar refractivity (Wildman–Crippen MR) is 107 cm³/mol. The van der Waals surface area contributed by atoms with Crippen LogP contribution >= 0.6 is 0 Å². The fraction of sp³-hybridized carbons (Fsp3) is 0.333. The van der Waals surface area contributed by atoms with Crippen molar-refractivity contribution in [3.8, 4) is 17.1 Å². The van der Waals surface area contributed by atoms with Crippen LogP contribution in [0.15, 0.2) is 47.0 Å². The van der Waals surface area contributed by atoms with E-state index in [1.807, 2.05) is 38.1 Å². The van der Waals surface area contributed by atoms with Crippen LogP contribution in [0.1, 0.15) is 43.2 Å². The maximum atomic E-state index is 13.9. The van der Waals surface area contributed by atoms with Crippen LogP contribution in [0, 0.1) is 5.82 Å². The van der Waals surface area contributed by atoms with Crippen molar-refractivity contribution in [1.82, 2.24) is 10.1 Å². The van der Waals surface area contributed by atoms with E-state index in [2.05, 4.69) is 10.1 Å². The van der Waals surface area contributed by atoms with Gasteiger partial charge in [-0.3, -0.25) is 4.21 Å². The summed E-state index contributed by atoms with van der Waals surface area (Å²) < 4.78 is 46.7. The lowest BCUT2D eigenvalue weighted by atomic mass is 10.0. The first-order chi connectivity index (χ1) is 13.9. The van der Waals surface area contributed by atoms with Crippen molar-refractivity contribution < 1.29 is 22.4 Å². The van der Waals surface area contributed by atoms with Gasteiger partial charge in [-0.15, -0.1) is 0 Å². The summed E-state index contributed by atoms with van der Waals surface area (Å²) in [6, 6.07) is 12.0. The second kappa shape index (κ2) is 9.76. The van der Waals surface area contributed by atoms with E-state index in [-0.39, 0.29) is 17.2 Å². The summed E-state index contributed by atoms with van der Waals surface area (Å²) in [5.74, 6) is 1.18. The molecule has 0 radical (unpaired) electrons. The van der Waals surface area contributed by atoms with Crippen molar-refractivity contribution in [2.24, 2.45) is 0 Å². The molecule has 8 heteroatoms. The lowest BCUT2D eigenvalue weighted by molar-refractivity contribution is 0.311. The highest BCUT2D eigenvalue weighted by Gasteiger charge is 2.12. The Morgan fingerprint density at radius 2 is 1.97 bits per heavy atom. The van der Waals surface area contributed by atoms with Crippen LogP contribution in [0.4, 0.5) is 4.39 Å². The molecule has 1 atom stereocenters. The number of hydrogen-bond acceptors (Lipinski definition) is 6. The monoisotopic (exact) mass is 417 g/mol. The number of nitrogens with zero attached hydrogens (tertiary/aromatic N) is 2. The van der Waals surface area contributed by atoms with Gasteiger partial charge in [-0.25, -0.2) is 4.39 Å². The number of ether oxygens (including phenoxy) is 1. The summed E-state index contributed by atoms with van der Waals surface area (Å²) in [7, 11) is 0. The van der Waals surface area contributed by atoms with Crippen molar-refractivity contribution in [3.05, 3.63) is 65.3 Å². The number of rotatable bonds is 9. The van der Waals surface area contributed by atoms with Crippen molar-refractivity contribution in [3.63, 3.8) is 0 Å². The zero-order valence-corrected chi connectivity index (χ0v) is 17.1. The van der Waals surface area contributed by atoms with Crippen molar-refractivity contribution >= 4 is 11.1 Å². The summed E-state index contributed by atoms with van der Waals surface area (Å²) in [4.78, 5) is 4.36. The summed E-state index contributed by atoms with van der Waals surface area (Å²) in [5.41, 5.74) is 1.75. The van der Waals surface area contributed by atoms with Gasteiger partial charge in [0.25, 0.3) is 0 Å². The Kier molecular flexibility index (Phi) is 7.11. The molecule has 3 rings (SSSR count). The van der Waals surface area contributed by atoms with Gasteiger partial charge in [-0.2, -0.15) is 4.98 Å². The third-order valence-corrected chi connectivity index (χ3v) is 4.91. The van der Waals surface area contributed by atoms with Gasteiger partial charge in [0.15, 0.2) is 0 Å². The molecule has 0 aliphatic heterocycles. The zero-order valence-electron chi connectivity index (χ0n) is 16.3. The Labute approximate surface area is 171 Å². The number of aryl methyl sites for hydroxylation is 1. The van der Waals surface area contributed by atoms with E-state index in [4.69, 9.17) is 9.26 Å². The molecular weight excluding hydrogens is 395 g/mol. The van der Waals surface area contributed by atoms with E-state index in [0.717, 1.165) is 5.56 Å². The first kappa shape index (κ1) is 21.1. The maximum absolute atomic E-state index is 13.9. The summed E-state index contributed by atoms with van der Waals surface area (Å²) >= 11 is -2.33. The van der Waals surface area contributed by atoms with Gasteiger partial charge in [0, 0.05) is 22.8 Å². The number of hydrogen-bond donors (Lipinski definition) is 0. The Morgan fingerprint density at radius 3 is 2.62 bits per heavy atom. The van der Waals surface area contributed by atoms with Crippen LogP contribution in [0.25, 0.3) is 11.4 Å². The Hall–Kier alpha value is -2.58. The van der Waals surface area contributed by atoms with Crippen LogP contribution in [-0.4, -0.2) is 25.5 Å². The summed E-state index contributed by atoms with van der Waals surface area (Å²) in [6.07, 6.45) is 1.16. The molecule has 0 amide bonds. The van der Waals surface area contributed by atoms with Crippen LogP contribution in [-0.2, 0) is 23.3 Å². The molecule has 0 aliphatic rings. The molecule has 0 N–H and O–H groups in total. The quantitative estimate of drug-likeness (QED) is 0.379. The number of halogens is 1. The first-order valence-electron chi connectivity index (χ1n) is 9.33. The largest absolute Gasteiger partial charge is 0.772 e. The van der Waals surface area contributed by atoms with E-state index in [1.165, 1.54) is 6.07 Å². The summed E-state index contributed by atoms with van der Waals surface area (Å²) in [5, 5.41) is 3.98. The minimum atomic E-state index is -2.33. The highest BCUT2D eigenvalue weighted by molar-refractivity contribution is 7.78. The molecule has 1 heterocycles. The molecule has 0 saturated carbocycles. The third-order valence-electron chi connectivity index (χ3n) is 4.39. The molecule has 154 valence electrons. The highest BCUT2D eigenvalue weighted by atomic mass is 32.2. The molecule has 0 aliphatic carbocycles. The number of aromatic nitrogens is 2.